The summed E-state index contributed by atoms with van der Waals surface area (Å²) in [5.41, 5.74) is 1.11. The number of hydrogen-bond acceptors (Lipinski definition) is 4. The van der Waals surface area contributed by atoms with Crippen molar-refractivity contribution in [3.63, 3.8) is 0 Å². The molecule has 3 aromatic rings. The zero-order chi connectivity index (χ0) is 17.6. The summed E-state index contributed by atoms with van der Waals surface area (Å²) in [6.07, 6.45) is 2.24. The Kier molecular flexibility index (Phi) is 3.95. The van der Waals surface area contributed by atoms with E-state index in [9.17, 15) is 9.59 Å². The van der Waals surface area contributed by atoms with E-state index in [0.29, 0.717) is 13.0 Å². The van der Waals surface area contributed by atoms with E-state index in [2.05, 4.69) is 35.5 Å². The molecule has 1 N–H and O–H groups in total. The van der Waals surface area contributed by atoms with E-state index in [4.69, 9.17) is 0 Å². The SMILES string of the molecule is Cc1ccc2sc(C(=O)NC3CCc4nn(C)c(=O)n4CC3)cc2c1. The Morgan fingerprint density at radius 3 is 3.00 bits per heavy atom. The van der Waals surface area contributed by atoms with Crippen LogP contribution in [0.25, 0.3) is 10.1 Å². The van der Waals surface area contributed by atoms with Crippen molar-refractivity contribution in [2.75, 3.05) is 0 Å². The van der Waals surface area contributed by atoms with Gasteiger partial charge in [0.15, 0.2) is 0 Å². The molecule has 7 heteroatoms. The van der Waals surface area contributed by atoms with Gasteiger partial charge < -0.3 is 5.32 Å². The van der Waals surface area contributed by atoms with E-state index >= 15 is 0 Å². The van der Waals surface area contributed by atoms with Crippen molar-refractivity contribution in [2.24, 2.45) is 7.05 Å². The van der Waals surface area contributed by atoms with Crippen molar-refractivity contribution < 1.29 is 4.79 Å². The third-order valence-corrected chi connectivity index (χ3v) is 5.85. The van der Waals surface area contributed by atoms with Crippen LogP contribution in [0.4, 0.5) is 0 Å². The quantitative estimate of drug-likeness (QED) is 0.766. The summed E-state index contributed by atoms with van der Waals surface area (Å²) in [4.78, 5) is 25.4. The maximum atomic E-state index is 12.6. The van der Waals surface area contributed by atoms with Gasteiger partial charge in [0, 0.05) is 30.8 Å². The van der Waals surface area contributed by atoms with E-state index in [-0.39, 0.29) is 17.6 Å². The van der Waals surface area contributed by atoms with Crippen molar-refractivity contribution in [3.05, 3.63) is 51.0 Å². The fraction of sp³-hybridized carbons (Fsp3) is 0.389. The minimum absolute atomic E-state index is 0.0312. The molecule has 0 fully saturated rings. The number of aryl methyl sites for hydroxylation is 3. The third kappa shape index (κ3) is 3.00. The Balaban J connectivity index is 1.48. The number of aromatic nitrogens is 3. The van der Waals surface area contributed by atoms with Gasteiger partial charge in [-0.1, -0.05) is 17.7 Å². The lowest BCUT2D eigenvalue weighted by atomic mass is 10.1. The maximum Gasteiger partial charge on any atom is 0.345 e. The van der Waals surface area contributed by atoms with Crippen LogP contribution >= 0.6 is 11.3 Å². The average Bonchev–Trinajstić information content (AvgIpc) is 3.05. The summed E-state index contributed by atoms with van der Waals surface area (Å²) in [6.45, 7) is 2.65. The number of carbonyl (C=O) groups excluding carboxylic acids is 1. The van der Waals surface area contributed by atoms with Gasteiger partial charge in [0.2, 0.25) is 0 Å². The highest BCUT2D eigenvalue weighted by atomic mass is 32.1. The molecular formula is C18H20N4O2S. The number of benzene rings is 1. The molecule has 0 bridgehead atoms. The Morgan fingerprint density at radius 1 is 1.32 bits per heavy atom. The smallest absolute Gasteiger partial charge is 0.345 e. The third-order valence-electron chi connectivity index (χ3n) is 4.73. The largest absolute Gasteiger partial charge is 0.349 e. The number of amides is 1. The molecule has 2 aromatic heterocycles. The van der Waals surface area contributed by atoms with Crippen molar-refractivity contribution in [3.8, 4) is 0 Å². The normalized spacial score (nSPS) is 17.3. The molecule has 4 rings (SSSR count). The van der Waals surface area contributed by atoms with Gasteiger partial charge in [-0.15, -0.1) is 11.3 Å². The zero-order valence-corrected chi connectivity index (χ0v) is 15.1. The number of thiophene rings is 1. The van der Waals surface area contributed by atoms with Gasteiger partial charge in [-0.3, -0.25) is 9.36 Å². The van der Waals surface area contributed by atoms with Crippen LogP contribution in [0.5, 0.6) is 0 Å². The first kappa shape index (κ1) is 16.1. The second-order valence-electron chi connectivity index (χ2n) is 6.62. The van der Waals surface area contributed by atoms with Crippen LogP contribution in [0.1, 0.15) is 33.9 Å². The van der Waals surface area contributed by atoms with Gasteiger partial charge in [0.1, 0.15) is 5.82 Å². The predicted molar refractivity (Wildman–Crippen MR) is 98.2 cm³/mol. The van der Waals surface area contributed by atoms with E-state index in [0.717, 1.165) is 33.6 Å². The summed E-state index contributed by atoms with van der Waals surface area (Å²) in [7, 11) is 1.67. The van der Waals surface area contributed by atoms with Crippen LogP contribution in [0.15, 0.2) is 29.1 Å². The first-order chi connectivity index (χ1) is 12.0. The lowest BCUT2D eigenvalue weighted by Gasteiger charge is -2.15. The Labute approximate surface area is 149 Å². The lowest BCUT2D eigenvalue weighted by Crippen LogP contribution is -2.35. The highest BCUT2D eigenvalue weighted by Gasteiger charge is 2.22. The minimum atomic E-state index is -0.0816. The molecule has 130 valence electrons. The first-order valence-electron chi connectivity index (χ1n) is 8.45. The molecule has 6 nitrogen and oxygen atoms in total. The molecular weight excluding hydrogens is 336 g/mol. The molecule has 3 heterocycles. The Morgan fingerprint density at radius 2 is 2.16 bits per heavy atom. The standard InChI is InChI=1S/C18H20N4O2S/c1-11-3-5-14-12(9-11)10-15(25-14)17(23)19-13-4-6-16-20-21(2)18(24)22(16)8-7-13/h3,5,9-10,13H,4,6-8H2,1-2H3,(H,19,23). The summed E-state index contributed by atoms with van der Waals surface area (Å²) >= 11 is 1.52. The predicted octanol–water partition coefficient (Wildman–Crippen LogP) is 2.24. The average molecular weight is 356 g/mol. The number of fused-ring (bicyclic) bond motifs is 2. The second-order valence-corrected chi connectivity index (χ2v) is 7.71. The van der Waals surface area contributed by atoms with Gasteiger partial charge >= 0.3 is 5.69 Å². The molecule has 0 aliphatic carbocycles. The summed E-state index contributed by atoms with van der Waals surface area (Å²) in [5, 5.41) is 8.52. The van der Waals surface area contributed by atoms with Gasteiger partial charge in [-0.2, -0.15) is 5.10 Å². The molecule has 1 aliphatic heterocycles. The minimum Gasteiger partial charge on any atom is -0.349 e. The topological polar surface area (TPSA) is 68.9 Å². The zero-order valence-electron chi connectivity index (χ0n) is 14.3. The molecule has 0 spiro atoms. The molecule has 0 radical (unpaired) electrons. The monoisotopic (exact) mass is 356 g/mol. The Bertz CT molecular complexity index is 1010. The van der Waals surface area contributed by atoms with Crippen LogP contribution < -0.4 is 11.0 Å². The lowest BCUT2D eigenvalue weighted by molar-refractivity contribution is 0.0937. The fourth-order valence-electron chi connectivity index (χ4n) is 3.37. The molecule has 1 aromatic carbocycles. The molecule has 1 aliphatic rings. The summed E-state index contributed by atoms with van der Waals surface area (Å²) < 4.78 is 4.22. The van der Waals surface area contributed by atoms with E-state index in [1.807, 2.05) is 6.07 Å². The molecule has 0 saturated carbocycles. The van der Waals surface area contributed by atoms with Crippen molar-refractivity contribution in [1.29, 1.82) is 0 Å². The van der Waals surface area contributed by atoms with E-state index in [1.165, 1.54) is 21.6 Å². The van der Waals surface area contributed by atoms with Crippen LogP contribution in [-0.2, 0) is 20.0 Å². The maximum absolute atomic E-state index is 12.6. The number of hydrogen-bond donors (Lipinski definition) is 1. The summed E-state index contributed by atoms with van der Waals surface area (Å²) in [6, 6.07) is 8.24. The van der Waals surface area contributed by atoms with Crippen LogP contribution in [-0.4, -0.2) is 26.3 Å². The number of rotatable bonds is 2. The van der Waals surface area contributed by atoms with Gasteiger partial charge in [-0.05, 0) is 37.3 Å². The highest BCUT2D eigenvalue weighted by Crippen LogP contribution is 2.26. The molecule has 1 atom stereocenters. The van der Waals surface area contributed by atoms with Gasteiger partial charge in [-0.25, -0.2) is 9.48 Å². The highest BCUT2D eigenvalue weighted by molar-refractivity contribution is 7.20. The molecule has 25 heavy (non-hydrogen) atoms. The molecule has 1 amide bonds. The summed E-state index contributed by atoms with van der Waals surface area (Å²) in [5.74, 6) is 0.776. The number of nitrogens with one attached hydrogen (secondary N) is 1. The fourth-order valence-corrected chi connectivity index (χ4v) is 4.32. The van der Waals surface area contributed by atoms with Crippen molar-refractivity contribution >= 4 is 27.3 Å². The Hall–Kier alpha value is -2.41. The van der Waals surface area contributed by atoms with Gasteiger partial charge in [0.05, 0.1) is 4.88 Å². The van der Waals surface area contributed by atoms with Crippen molar-refractivity contribution in [2.45, 2.75) is 38.8 Å². The van der Waals surface area contributed by atoms with Crippen LogP contribution in [0.2, 0.25) is 0 Å². The first-order valence-corrected chi connectivity index (χ1v) is 9.26. The molecule has 0 saturated heterocycles. The van der Waals surface area contributed by atoms with E-state index < -0.39 is 0 Å². The number of carbonyl (C=O) groups is 1. The van der Waals surface area contributed by atoms with Crippen LogP contribution in [0, 0.1) is 6.92 Å². The van der Waals surface area contributed by atoms with Crippen LogP contribution in [0.3, 0.4) is 0 Å². The van der Waals surface area contributed by atoms with Crippen molar-refractivity contribution in [1.82, 2.24) is 19.7 Å². The number of nitrogens with zero attached hydrogens (tertiary/aromatic N) is 3. The second kappa shape index (κ2) is 6.15. The molecule has 1 unspecified atom stereocenters. The van der Waals surface area contributed by atoms with Gasteiger partial charge in [0.25, 0.3) is 5.91 Å². The van der Waals surface area contributed by atoms with E-state index in [1.54, 1.807) is 11.6 Å².